The molecule has 2 aromatic rings. The van der Waals surface area contributed by atoms with Crippen molar-refractivity contribution < 1.29 is 9.47 Å². The van der Waals surface area contributed by atoms with E-state index in [0.717, 1.165) is 48.1 Å². The fourth-order valence-corrected chi connectivity index (χ4v) is 3.57. The summed E-state index contributed by atoms with van der Waals surface area (Å²) in [6.45, 7) is 6.58. The molecule has 3 rings (SSSR count). The van der Waals surface area contributed by atoms with Crippen LogP contribution in [0.15, 0.2) is 42.5 Å². The van der Waals surface area contributed by atoms with E-state index in [1.165, 1.54) is 11.1 Å². The van der Waals surface area contributed by atoms with Crippen molar-refractivity contribution in [1.29, 1.82) is 0 Å². The van der Waals surface area contributed by atoms with E-state index in [4.69, 9.17) is 21.7 Å². The van der Waals surface area contributed by atoms with Crippen molar-refractivity contribution in [2.75, 3.05) is 25.6 Å². The first-order chi connectivity index (χ1) is 13.1. The van der Waals surface area contributed by atoms with Crippen LogP contribution in [-0.2, 0) is 11.3 Å². The number of nitrogens with one attached hydrogen (secondary N) is 1. The number of aryl methyl sites for hydroxylation is 1. The molecule has 4 nitrogen and oxygen atoms in total. The van der Waals surface area contributed by atoms with E-state index in [1.807, 2.05) is 12.1 Å². The normalized spacial score (nSPS) is 16.2. The molecule has 1 atom stereocenters. The molecule has 1 aliphatic rings. The summed E-state index contributed by atoms with van der Waals surface area (Å²) in [5.74, 6) is 0.859. The zero-order chi connectivity index (χ0) is 19.2. The molecule has 0 amide bonds. The molecule has 1 N–H and O–H groups in total. The number of rotatable bonds is 6. The minimum atomic E-state index is 0.231. The van der Waals surface area contributed by atoms with Gasteiger partial charge in [-0.25, -0.2) is 0 Å². The average molecular weight is 385 g/mol. The first kappa shape index (κ1) is 19.6. The molecule has 1 aliphatic heterocycles. The minimum absolute atomic E-state index is 0.231. The predicted octanol–water partition coefficient (Wildman–Crippen LogP) is 4.69. The average Bonchev–Trinajstić information content (AvgIpc) is 3.18. The number of anilines is 1. The Hall–Kier alpha value is -2.11. The Kier molecular flexibility index (Phi) is 6.69. The summed E-state index contributed by atoms with van der Waals surface area (Å²) in [5.41, 5.74) is 4.69. The van der Waals surface area contributed by atoms with E-state index in [2.05, 4.69) is 54.4 Å². The second kappa shape index (κ2) is 9.20. The number of hydrogen-bond donors (Lipinski definition) is 1. The minimum Gasteiger partial charge on any atom is -0.497 e. The summed E-state index contributed by atoms with van der Waals surface area (Å²) in [6, 6.07) is 14.4. The maximum absolute atomic E-state index is 5.86. The molecular weight excluding hydrogens is 356 g/mol. The highest BCUT2D eigenvalue weighted by Crippen LogP contribution is 2.21. The number of ether oxygens (including phenoxy) is 2. The second-order valence-corrected chi connectivity index (χ2v) is 7.43. The lowest BCUT2D eigenvalue weighted by Gasteiger charge is -2.29. The number of hydrogen-bond acceptors (Lipinski definition) is 3. The molecule has 144 valence electrons. The Bertz CT molecular complexity index is 788. The van der Waals surface area contributed by atoms with Crippen LogP contribution >= 0.6 is 12.2 Å². The van der Waals surface area contributed by atoms with Crippen LogP contribution in [0.25, 0.3) is 0 Å². The Morgan fingerprint density at radius 1 is 1.26 bits per heavy atom. The molecule has 1 fully saturated rings. The van der Waals surface area contributed by atoms with Crippen molar-refractivity contribution in [2.24, 2.45) is 0 Å². The van der Waals surface area contributed by atoms with E-state index >= 15 is 0 Å². The quantitative estimate of drug-likeness (QED) is 0.731. The zero-order valence-electron chi connectivity index (χ0n) is 16.3. The number of thiocarbonyl (C=S) groups is 1. The highest BCUT2D eigenvalue weighted by atomic mass is 32.1. The highest BCUT2D eigenvalue weighted by molar-refractivity contribution is 7.80. The van der Waals surface area contributed by atoms with Gasteiger partial charge in [-0.15, -0.1) is 0 Å². The Morgan fingerprint density at radius 3 is 2.81 bits per heavy atom. The first-order valence-corrected chi connectivity index (χ1v) is 9.84. The lowest BCUT2D eigenvalue weighted by Crippen LogP contribution is -2.39. The van der Waals surface area contributed by atoms with Crippen LogP contribution in [0, 0.1) is 13.8 Å². The van der Waals surface area contributed by atoms with Crippen LogP contribution in [0.4, 0.5) is 5.69 Å². The van der Waals surface area contributed by atoms with Gasteiger partial charge in [0.2, 0.25) is 0 Å². The molecule has 0 aliphatic carbocycles. The lowest BCUT2D eigenvalue weighted by atomic mass is 10.1. The van der Waals surface area contributed by atoms with Crippen molar-refractivity contribution in [3.05, 3.63) is 59.2 Å². The third kappa shape index (κ3) is 5.21. The topological polar surface area (TPSA) is 33.7 Å². The molecule has 27 heavy (non-hydrogen) atoms. The van der Waals surface area contributed by atoms with E-state index in [0.29, 0.717) is 6.54 Å². The molecule has 0 aromatic heterocycles. The van der Waals surface area contributed by atoms with Crippen molar-refractivity contribution >= 4 is 23.0 Å². The fraction of sp³-hybridized carbons (Fsp3) is 0.409. The van der Waals surface area contributed by atoms with Gasteiger partial charge in [0.05, 0.1) is 13.2 Å². The summed E-state index contributed by atoms with van der Waals surface area (Å²) in [6.07, 6.45) is 2.43. The maximum atomic E-state index is 5.86. The Labute approximate surface area is 167 Å². The highest BCUT2D eigenvalue weighted by Gasteiger charge is 2.21. The summed E-state index contributed by atoms with van der Waals surface area (Å²) in [4.78, 5) is 2.20. The Morgan fingerprint density at radius 2 is 2.07 bits per heavy atom. The molecule has 0 bridgehead atoms. The smallest absolute Gasteiger partial charge is 0.173 e. The van der Waals surface area contributed by atoms with E-state index in [-0.39, 0.29) is 6.10 Å². The van der Waals surface area contributed by atoms with Crippen LogP contribution in [0.5, 0.6) is 5.75 Å². The molecule has 2 aromatic carbocycles. The van der Waals surface area contributed by atoms with E-state index < -0.39 is 0 Å². The van der Waals surface area contributed by atoms with Crippen molar-refractivity contribution in [1.82, 2.24) is 4.90 Å². The van der Waals surface area contributed by atoms with E-state index in [1.54, 1.807) is 7.11 Å². The number of benzene rings is 2. The van der Waals surface area contributed by atoms with Gasteiger partial charge in [-0.3, -0.25) is 0 Å². The molecule has 0 saturated carbocycles. The SMILES string of the molecule is COc1cccc(CN(CC2CCCO2)C(=S)Nc2cccc(C)c2C)c1. The van der Waals surface area contributed by atoms with Gasteiger partial charge in [-0.05, 0) is 73.8 Å². The van der Waals surface area contributed by atoms with Gasteiger partial charge in [-0.2, -0.15) is 0 Å². The third-order valence-corrected chi connectivity index (χ3v) is 5.45. The van der Waals surface area contributed by atoms with Gasteiger partial charge in [0.15, 0.2) is 5.11 Å². The van der Waals surface area contributed by atoms with Crippen LogP contribution in [-0.4, -0.2) is 36.4 Å². The summed E-state index contributed by atoms with van der Waals surface area (Å²) < 4.78 is 11.2. The molecule has 5 heteroatoms. The monoisotopic (exact) mass is 384 g/mol. The van der Waals surface area contributed by atoms with Gasteiger partial charge >= 0.3 is 0 Å². The van der Waals surface area contributed by atoms with Crippen LogP contribution in [0.2, 0.25) is 0 Å². The summed E-state index contributed by atoms with van der Waals surface area (Å²) >= 11 is 5.78. The van der Waals surface area contributed by atoms with Gasteiger partial charge in [-0.1, -0.05) is 24.3 Å². The van der Waals surface area contributed by atoms with Crippen LogP contribution in [0.1, 0.15) is 29.5 Å². The van der Waals surface area contributed by atoms with Crippen molar-refractivity contribution in [2.45, 2.75) is 39.3 Å². The molecule has 0 radical (unpaired) electrons. The Balaban J connectivity index is 1.77. The first-order valence-electron chi connectivity index (χ1n) is 9.43. The molecule has 1 heterocycles. The van der Waals surface area contributed by atoms with Crippen LogP contribution < -0.4 is 10.1 Å². The van der Waals surface area contributed by atoms with Gasteiger partial charge < -0.3 is 19.7 Å². The summed E-state index contributed by atoms with van der Waals surface area (Å²) in [7, 11) is 1.69. The summed E-state index contributed by atoms with van der Waals surface area (Å²) in [5, 5.41) is 4.17. The number of methoxy groups -OCH3 is 1. The third-order valence-electron chi connectivity index (χ3n) is 5.09. The molecule has 1 unspecified atom stereocenters. The van der Waals surface area contributed by atoms with Crippen molar-refractivity contribution in [3.8, 4) is 5.75 Å². The molecular formula is C22H28N2O2S. The van der Waals surface area contributed by atoms with Crippen LogP contribution in [0.3, 0.4) is 0 Å². The van der Waals surface area contributed by atoms with Gasteiger partial charge in [0, 0.05) is 25.4 Å². The number of nitrogens with zero attached hydrogens (tertiary/aromatic N) is 1. The lowest BCUT2D eigenvalue weighted by molar-refractivity contribution is 0.0905. The largest absolute Gasteiger partial charge is 0.497 e. The van der Waals surface area contributed by atoms with Gasteiger partial charge in [0.25, 0.3) is 0 Å². The van der Waals surface area contributed by atoms with Gasteiger partial charge in [0.1, 0.15) is 5.75 Å². The fourth-order valence-electron chi connectivity index (χ4n) is 3.33. The molecule has 1 saturated heterocycles. The maximum Gasteiger partial charge on any atom is 0.173 e. The zero-order valence-corrected chi connectivity index (χ0v) is 17.1. The standard InChI is InChI=1S/C22H28N2O2S/c1-16-7-4-11-21(17(16)2)23-22(27)24(15-20-10-6-12-26-20)14-18-8-5-9-19(13-18)25-3/h4-5,7-9,11,13,20H,6,10,12,14-15H2,1-3H3,(H,23,27). The second-order valence-electron chi connectivity index (χ2n) is 7.04. The predicted molar refractivity (Wildman–Crippen MR) is 115 cm³/mol. The van der Waals surface area contributed by atoms with Crippen molar-refractivity contribution in [3.63, 3.8) is 0 Å². The van der Waals surface area contributed by atoms with E-state index in [9.17, 15) is 0 Å². The molecule has 0 spiro atoms.